The van der Waals surface area contributed by atoms with E-state index in [1.165, 1.54) is 0 Å². The van der Waals surface area contributed by atoms with Crippen molar-refractivity contribution in [2.75, 3.05) is 38.3 Å². The standard InChI is InChI=1S/C23H26N2O5/c1-3-29-22(27)16-30-20-15-25(23(28)17-9-5-4-6-10-17)14-13-21(26)24(2)19-12-8-7-11-18(19)20/h4-12,20H,3,13-16H2,1-2H3. The summed E-state index contributed by atoms with van der Waals surface area (Å²) in [4.78, 5) is 40.9. The van der Waals surface area contributed by atoms with E-state index in [4.69, 9.17) is 9.47 Å². The molecule has 0 saturated carbocycles. The Morgan fingerprint density at radius 2 is 1.77 bits per heavy atom. The van der Waals surface area contributed by atoms with Crippen molar-refractivity contribution in [2.24, 2.45) is 0 Å². The molecule has 0 fully saturated rings. The highest BCUT2D eigenvalue weighted by molar-refractivity contribution is 5.96. The average molecular weight is 410 g/mol. The zero-order valence-electron chi connectivity index (χ0n) is 17.2. The molecule has 2 amide bonds. The van der Waals surface area contributed by atoms with Gasteiger partial charge in [-0.25, -0.2) is 4.79 Å². The molecule has 0 aliphatic carbocycles. The van der Waals surface area contributed by atoms with Crippen molar-refractivity contribution in [1.29, 1.82) is 0 Å². The molecule has 1 atom stereocenters. The molecule has 3 rings (SSSR count). The highest BCUT2D eigenvalue weighted by Gasteiger charge is 2.29. The number of hydrogen-bond acceptors (Lipinski definition) is 5. The molecular weight excluding hydrogens is 384 g/mol. The lowest BCUT2D eigenvalue weighted by Crippen LogP contribution is -2.37. The van der Waals surface area contributed by atoms with E-state index in [1.807, 2.05) is 30.3 Å². The number of carbonyl (C=O) groups is 3. The van der Waals surface area contributed by atoms with Crippen LogP contribution in [0.15, 0.2) is 54.6 Å². The second-order valence-electron chi connectivity index (χ2n) is 6.98. The average Bonchev–Trinajstić information content (AvgIpc) is 2.82. The second kappa shape index (κ2) is 10.0. The smallest absolute Gasteiger partial charge is 0.332 e. The molecule has 1 aliphatic heterocycles. The number of para-hydroxylation sites is 1. The molecule has 7 heteroatoms. The van der Waals surface area contributed by atoms with E-state index in [9.17, 15) is 14.4 Å². The number of ether oxygens (including phenoxy) is 2. The Morgan fingerprint density at radius 3 is 2.50 bits per heavy atom. The van der Waals surface area contributed by atoms with Crippen LogP contribution in [0.1, 0.15) is 35.4 Å². The third-order valence-corrected chi connectivity index (χ3v) is 5.02. The molecule has 0 N–H and O–H groups in total. The summed E-state index contributed by atoms with van der Waals surface area (Å²) in [7, 11) is 1.71. The first-order valence-electron chi connectivity index (χ1n) is 9.98. The molecule has 0 radical (unpaired) electrons. The zero-order valence-corrected chi connectivity index (χ0v) is 17.2. The van der Waals surface area contributed by atoms with E-state index in [0.29, 0.717) is 11.3 Å². The van der Waals surface area contributed by atoms with Crippen LogP contribution in [0.5, 0.6) is 0 Å². The summed E-state index contributed by atoms with van der Waals surface area (Å²) in [5, 5.41) is 0. The number of hydrogen-bond donors (Lipinski definition) is 0. The first-order valence-corrected chi connectivity index (χ1v) is 9.98. The van der Waals surface area contributed by atoms with Crippen LogP contribution in [0, 0.1) is 0 Å². The maximum atomic E-state index is 13.1. The van der Waals surface area contributed by atoms with Gasteiger partial charge in [-0.15, -0.1) is 0 Å². The van der Waals surface area contributed by atoms with E-state index in [0.717, 1.165) is 5.56 Å². The first kappa shape index (κ1) is 21.5. The number of fused-ring (bicyclic) bond motifs is 1. The highest BCUT2D eigenvalue weighted by Crippen LogP contribution is 2.31. The van der Waals surface area contributed by atoms with Gasteiger partial charge in [0, 0.05) is 36.8 Å². The van der Waals surface area contributed by atoms with Gasteiger partial charge in [0.15, 0.2) is 0 Å². The van der Waals surface area contributed by atoms with Crippen molar-refractivity contribution < 1.29 is 23.9 Å². The van der Waals surface area contributed by atoms with Crippen molar-refractivity contribution in [3.05, 3.63) is 65.7 Å². The third-order valence-electron chi connectivity index (χ3n) is 5.02. The van der Waals surface area contributed by atoms with Crippen LogP contribution in [0.3, 0.4) is 0 Å². The largest absolute Gasteiger partial charge is 0.464 e. The predicted molar refractivity (Wildman–Crippen MR) is 112 cm³/mol. The van der Waals surface area contributed by atoms with E-state index < -0.39 is 12.1 Å². The van der Waals surface area contributed by atoms with Gasteiger partial charge in [-0.05, 0) is 25.1 Å². The van der Waals surface area contributed by atoms with Crippen molar-refractivity contribution >= 4 is 23.5 Å². The summed E-state index contributed by atoms with van der Waals surface area (Å²) in [5.41, 5.74) is 1.98. The fourth-order valence-electron chi connectivity index (χ4n) is 3.45. The minimum atomic E-state index is -0.591. The lowest BCUT2D eigenvalue weighted by atomic mass is 10.1. The molecule has 1 aliphatic rings. The van der Waals surface area contributed by atoms with E-state index >= 15 is 0 Å². The van der Waals surface area contributed by atoms with Crippen molar-refractivity contribution in [2.45, 2.75) is 19.4 Å². The van der Waals surface area contributed by atoms with Crippen LogP contribution in [-0.4, -0.2) is 56.0 Å². The molecule has 2 aromatic carbocycles. The molecular formula is C23H26N2O5. The number of anilines is 1. The number of nitrogens with zero attached hydrogens (tertiary/aromatic N) is 2. The van der Waals surface area contributed by atoms with Crippen LogP contribution < -0.4 is 4.90 Å². The van der Waals surface area contributed by atoms with Gasteiger partial charge in [0.2, 0.25) is 5.91 Å². The molecule has 7 nitrogen and oxygen atoms in total. The van der Waals surface area contributed by atoms with Crippen LogP contribution in [0.25, 0.3) is 0 Å². The normalized spacial score (nSPS) is 16.9. The van der Waals surface area contributed by atoms with Crippen LogP contribution >= 0.6 is 0 Å². The van der Waals surface area contributed by atoms with Gasteiger partial charge in [-0.3, -0.25) is 9.59 Å². The molecule has 0 bridgehead atoms. The molecule has 1 unspecified atom stereocenters. The number of benzene rings is 2. The summed E-state index contributed by atoms with van der Waals surface area (Å²) in [6.45, 7) is 2.22. The molecule has 158 valence electrons. The maximum Gasteiger partial charge on any atom is 0.332 e. The Balaban J connectivity index is 1.94. The molecule has 0 spiro atoms. The van der Waals surface area contributed by atoms with E-state index in [-0.39, 0.29) is 44.5 Å². The number of esters is 1. The fourth-order valence-corrected chi connectivity index (χ4v) is 3.45. The Kier molecular flexibility index (Phi) is 7.19. The second-order valence-corrected chi connectivity index (χ2v) is 6.98. The summed E-state index contributed by atoms with van der Waals surface area (Å²) in [5.74, 6) is -0.755. The van der Waals surface area contributed by atoms with Gasteiger partial charge in [-0.2, -0.15) is 0 Å². The van der Waals surface area contributed by atoms with Gasteiger partial charge in [0.25, 0.3) is 5.91 Å². The monoisotopic (exact) mass is 410 g/mol. The zero-order chi connectivity index (χ0) is 21.5. The number of carbonyl (C=O) groups excluding carboxylic acids is 3. The summed E-state index contributed by atoms with van der Waals surface area (Å²) >= 11 is 0. The van der Waals surface area contributed by atoms with Crippen LogP contribution in [-0.2, 0) is 19.1 Å². The number of rotatable bonds is 5. The minimum absolute atomic E-state index is 0.0978. The Labute approximate surface area is 176 Å². The predicted octanol–water partition coefficient (Wildman–Crippen LogP) is 2.82. The van der Waals surface area contributed by atoms with Gasteiger partial charge >= 0.3 is 5.97 Å². The maximum absolute atomic E-state index is 13.1. The Morgan fingerprint density at radius 1 is 1.07 bits per heavy atom. The van der Waals surface area contributed by atoms with Crippen molar-refractivity contribution in [3.63, 3.8) is 0 Å². The molecule has 30 heavy (non-hydrogen) atoms. The third kappa shape index (κ3) is 5.04. The summed E-state index contributed by atoms with van der Waals surface area (Å²) in [6.07, 6.45) is -0.403. The minimum Gasteiger partial charge on any atom is -0.464 e. The lowest BCUT2D eigenvalue weighted by Gasteiger charge is -2.28. The molecule has 0 saturated heterocycles. The van der Waals surface area contributed by atoms with Gasteiger partial charge in [0.05, 0.1) is 13.2 Å². The van der Waals surface area contributed by atoms with E-state index in [1.54, 1.807) is 48.0 Å². The topological polar surface area (TPSA) is 76.1 Å². The number of amides is 2. The Hall–Kier alpha value is -3.19. The first-order chi connectivity index (χ1) is 14.5. The summed E-state index contributed by atoms with van der Waals surface area (Å²) in [6, 6.07) is 16.3. The molecule has 0 aromatic heterocycles. The van der Waals surface area contributed by atoms with Gasteiger partial charge in [0.1, 0.15) is 12.7 Å². The summed E-state index contributed by atoms with van der Waals surface area (Å²) < 4.78 is 10.9. The SMILES string of the molecule is CCOC(=O)COC1CN(C(=O)c2ccccc2)CCC(=O)N(C)c2ccccc21. The fraction of sp³-hybridized carbons (Fsp3) is 0.348. The van der Waals surface area contributed by atoms with E-state index in [2.05, 4.69) is 0 Å². The van der Waals surface area contributed by atoms with Crippen molar-refractivity contribution in [3.8, 4) is 0 Å². The van der Waals surface area contributed by atoms with Crippen LogP contribution in [0.4, 0.5) is 5.69 Å². The van der Waals surface area contributed by atoms with Gasteiger partial charge < -0.3 is 19.3 Å². The highest BCUT2D eigenvalue weighted by atomic mass is 16.6. The quantitative estimate of drug-likeness (QED) is 0.709. The van der Waals surface area contributed by atoms with Crippen molar-refractivity contribution in [1.82, 2.24) is 4.90 Å². The van der Waals surface area contributed by atoms with Gasteiger partial charge in [-0.1, -0.05) is 36.4 Å². The lowest BCUT2D eigenvalue weighted by molar-refractivity contribution is -0.150. The Bertz CT molecular complexity index is 899. The molecule has 2 aromatic rings. The molecule has 1 heterocycles. The van der Waals surface area contributed by atoms with Crippen LogP contribution in [0.2, 0.25) is 0 Å².